The van der Waals surface area contributed by atoms with Crippen LogP contribution < -0.4 is 19.5 Å². The Morgan fingerprint density at radius 2 is 1.58 bits per heavy atom. The number of rotatable bonds is 7. The first kappa shape index (κ1) is 17.9. The van der Waals surface area contributed by atoms with E-state index in [1.165, 1.54) is 27.4 Å². The number of ketones is 1. The van der Waals surface area contributed by atoms with Crippen molar-refractivity contribution in [2.75, 3.05) is 26.6 Å². The molecule has 2 aromatic rings. The summed E-state index contributed by atoms with van der Waals surface area (Å²) >= 11 is 3.37. The molecule has 0 saturated carbocycles. The van der Waals surface area contributed by atoms with Crippen LogP contribution in [0.3, 0.4) is 0 Å². The molecule has 2 aromatic carbocycles. The molecule has 0 fully saturated rings. The number of carbonyl (C=O) groups excluding carboxylic acids is 1. The lowest BCUT2D eigenvalue weighted by atomic mass is 10.1. The fraction of sp³-hybridized carbons (Fsp3) is 0.167. The van der Waals surface area contributed by atoms with Gasteiger partial charge in [-0.3, -0.25) is 4.79 Å². The van der Waals surface area contributed by atoms with Gasteiger partial charge in [-0.15, -0.1) is 0 Å². The summed E-state index contributed by atoms with van der Waals surface area (Å²) in [6.07, 6.45) is 3.04. The van der Waals surface area contributed by atoms with E-state index in [-0.39, 0.29) is 5.78 Å². The standard InChI is InChI=1S/C18H18BrNO4/c1-22-16-10-12(11-17(23-2)18(16)24-3)15(21)8-9-20-14-6-4-13(19)5-7-14/h4-11,20H,1-3H3. The number of hydrogen-bond donors (Lipinski definition) is 1. The zero-order valence-corrected chi connectivity index (χ0v) is 15.2. The Morgan fingerprint density at radius 1 is 1.00 bits per heavy atom. The average Bonchev–Trinajstić information content (AvgIpc) is 2.61. The highest BCUT2D eigenvalue weighted by Gasteiger charge is 2.15. The smallest absolute Gasteiger partial charge is 0.203 e. The van der Waals surface area contributed by atoms with Crippen LogP contribution in [0.25, 0.3) is 0 Å². The maximum Gasteiger partial charge on any atom is 0.203 e. The quantitative estimate of drug-likeness (QED) is 0.563. The number of ether oxygens (including phenoxy) is 3. The summed E-state index contributed by atoms with van der Waals surface area (Å²) < 4.78 is 16.7. The van der Waals surface area contributed by atoms with E-state index < -0.39 is 0 Å². The first-order valence-electron chi connectivity index (χ1n) is 7.12. The van der Waals surface area contributed by atoms with Crippen molar-refractivity contribution in [1.82, 2.24) is 0 Å². The Kier molecular flexibility index (Phi) is 6.26. The Labute approximate surface area is 149 Å². The lowest BCUT2D eigenvalue weighted by Gasteiger charge is -2.13. The minimum absolute atomic E-state index is 0.182. The predicted octanol–water partition coefficient (Wildman–Crippen LogP) is 4.28. The van der Waals surface area contributed by atoms with Crippen molar-refractivity contribution in [3.05, 3.63) is 58.7 Å². The second-order valence-electron chi connectivity index (χ2n) is 4.76. The first-order valence-corrected chi connectivity index (χ1v) is 7.91. The maximum atomic E-state index is 12.3. The monoisotopic (exact) mass is 391 g/mol. The minimum atomic E-state index is -0.182. The molecule has 0 amide bonds. The van der Waals surface area contributed by atoms with Crippen molar-refractivity contribution >= 4 is 27.4 Å². The molecule has 0 aliphatic carbocycles. The summed E-state index contributed by atoms with van der Waals surface area (Å²) in [6, 6.07) is 10.9. The normalized spacial score (nSPS) is 10.5. The van der Waals surface area contributed by atoms with Crippen LogP contribution in [0.5, 0.6) is 17.2 Å². The number of benzene rings is 2. The summed E-state index contributed by atoms with van der Waals surface area (Å²) in [6.45, 7) is 0. The molecule has 0 bridgehead atoms. The van der Waals surface area contributed by atoms with E-state index in [1.807, 2.05) is 24.3 Å². The summed E-state index contributed by atoms with van der Waals surface area (Å²) in [5.74, 6) is 1.15. The topological polar surface area (TPSA) is 56.8 Å². The fourth-order valence-electron chi connectivity index (χ4n) is 2.08. The number of allylic oxidation sites excluding steroid dienone is 1. The molecule has 0 aliphatic rings. The van der Waals surface area contributed by atoms with E-state index in [9.17, 15) is 4.79 Å². The van der Waals surface area contributed by atoms with E-state index >= 15 is 0 Å². The number of nitrogens with one attached hydrogen (secondary N) is 1. The highest BCUT2D eigenvalue weighted by molar-refractivity contribution is 9.10. The summed E-state index contributed by atoms with van der Waals surface area (Å²) in [4.78, 5) is 12.3. The molecule has 1 N–H and O–H groups in total. The third kappa shape index (κ3) is 4.29. The molecule has 0 spiro atoms. The van der Waals surface area contributed by atoms with E-state index in [1.54, 1.807) is 18.3 Å². The van der Waals surface area contributed by atoms with Crippen molar-refractivity contribution in [3.8, 4) is 17.2 Å². The Hall–Kier alpha value is -2.47. The molecule has 0 atom stereocenters. The molecule has 5 nitrogen and oxygen atoms in total. The van der Waals surface area contributed by atoms with Gasteiger partial charge in [0.05, 0.1) is 21.3 Å². The van der Waals surface area contributed by atoms with Crippen LogP contribution in [0.1, 0.15) is 10.4 Å². The molecule has 0 aliphatic heterocycles. The van der Waals surface area contributed by atoms with Crippen molar-refractivity contribution in [2.45, 2.75) is 0 Å². The van der Waals surface area contributed by atoms with Gasteiger partial charge >= 0.3 is 0 Å². The Balaban J connectivity index is 2.16. The summed E-state index contributed by atoms with van der Waals surface area (Å²) in [7, 11) is 4.54. The molecule has 0 unspecified atom stereocenters. The highest BCUT2D eigenvalue weighted by Crippen LogP contribution is 2.38. The van der Waals surface area contributed by atoms with Gasteiger partial charge in [0.15, 0.2) is 17.3 Å². The molecule has 0 radical (unpaired) electrons. The number of hydrogen-bond acceptors (Lipinski definition) is 5. The Bertz CT molecular complexity index is 716. The molecule has 0 heterocycles. The molecular formula is C18H18BrNO4. The van der Waals surface area contributed by atoms with E-state index in [4.69, 9.17) is 14.2 Å². The fourth-order valence-corrected chi connectivity index (χ4v) is 2.34. The van der Waals surface area contributed by atoms with Crippen molar-refractivity contribution in [3.63, 3.8) is 0 Å². The van der Waals surface area contributed by atoms with Crippen molar-refractivity contribution in [2.24, 2.45) is 0 Å². The van der Waals surface area contributed by atoms with Gasteiger partial charge in [0, 0.05) is 28.0 Å². The lowest BCUT2D eigenvalue weighted by Crippen LogP contribution is -2.01. The highest BCUT2D eigenvalue weighted by atomic mass is 79.9. The third-order valence-electron chi connectivity index (χ3n) is 3.28. The minimum Gasteiger partial charge on any atom is -0.493 e. The van der Waals surface area contributed by atoms with Gasteiger partial charge in [-0.05, 0) is 36.4 Å². The second-order valence-corrected chi connectivity index (χ2v) is 5.68. The largest absolute Gasteiger partial charge is 0.493 e. The third-order valence-corrected chi connectivity index (χ3v) is 3.81. The van der Waals surface area contributed by atoms with Crippen molar-refractivity contribution < 1.29 is 19.0 Å². The van der Waals surface area contributed by atoms with E-state index in [0.717, 1.165) is 10.2 Å². The van der Waals surface area contributed by atoms with Crippen LogP contribution in [-0.4, -0.2) is 27.1 Å². The second kappa shape index (κ2) is 8.40. The Morgan fingerprint density at radius 3 is 2.08 bits per heavy atom. The van der Waals surface area contributed by atoms with Crippen LogP contribution in [0.2, 0.25) is 0 Å². The van der Waals surface area contributed by atoms with Crippen LogP contribution >= 0.6 is 15.9 Å². The van der Waals surface area contributed by atoms with Gasteiger partial charge in [0.2, 0.25) is 5.75 Å². The molecule has 2 rings (SSSR count). The number of carbonyl (C=O) groups is 1. The molecule has 6 heteroatoms. The first-order chi connectivity index (χ1) is 11.6. The predicted molar refractivity (Wildman–Crippen MR) is 97.3 cm³/mol. The number of halogens is 1. The zero-order chi connectivity index (χ0) is 17.5. The summed E-state index contributed by atoms with van der Waals surface area (Å²) in [5, 5.41) is 3.04. The molecular weight excluding hydrogens is 374 g/mol. The molecule has 126 valence electrons. The van der Waals surface area contributed by atoms with Gasteiger partial charge in [-0.25, -0.2) is 0 Å². The SMILES string of the molecule is COc1cc(C(=O)C=CNc2ccc(Br)cc2)cc(OC)c1OC. The van der Waals surface area contributed by atoms with Crippen molar-refractivity contribution in [1.29, 1.82) is 0 Å². The van der Waals surface area contributed by atoms with Gasteiger partial charge in [0.1, 0.15) is 0 Å². The van der Waals surface area contributed by atoms with Gasteiger partial charge < -0.3 is 19.5 Å². The average molecular weight is 392 g/mol. The van der Waals surface area contributed by atoms with E-state index in [2.05, 4.69) is 21.2 Å². The summed E-state index contributed by atoms with van der Waals surface area (Å²) in [5.41, 5.74) is 1.32. The van der Waals surface area contributed by atoms with Crippen LogP contribution in [0.15, 0.2) is 53.1 Å². The van der Waals surface area contributed by atoms with Gasteiger partial charge in [-0.2, -0.15) is 0 Å². The van der Waals surface area contributed by atoms with Crippen LogP contribution in [-0.2, 0) is 0 Å². The molecule has 0 saturated heterocycles. The van der Waals surface area contributed by atoms with E-state index in [0.29, 0.717) is 22.8 Å². The van der Waals surface area contributed by atoms with Gasteiger partial charge in [-0.1, -0.05) is 15.9 Å². The van der Waals surface area contributed by atoms with Crippen LogP contribution in [0.4, 0.5) is 5.69 Å². The van der Waals surface area contributed by atoms with Gasteiger partial charge in [0.25, 0.3) is 0 Å². The lowest BCUT2D eigenvalue weighted by molar-refractivity contribution is 0.104. The molecule has 0 aromatic heterocycles. The number of methoxy groups -OCH3 is 3. The maximum absolute atomic E-state index is 12.3. The zero-order valence-electron chi connectivity index (χ0n) is 13.6. The number of anilines is 1. The van der Waals surface area contributed by atoms with Crippen LogP contribution in [0, 0.1) is 0 Å². The molecule has 24 heavy (non-hydrogen) atoms.